The third kappa shape index (κ3) is 8.58. The van der Waals surface area contributed by atoms with Crippen LogP contribution in [0.2, 0.25) is 0 Å². The molecule has 0 aliphatic heterocycles. The summed E-state index contributed by atoms with van der Waals surface area (Å²) in [6.07, 6.45) is 8.99. The first-order valence-electron chi connectivity index (χ1n) is 10.9. The molecule has 0 aromatic heterocycles. The molecule has 2 N–H and O–H groups in total. The molecule has 11 heteroatoms. The molecular weight excluding hydrogens is 490 g/mol. The second-order valence-electron chi connectivity index (χ2n) is 7.79. The van der Waals surface area contributed by atoms with E-state index in [0.29, 0.717) is 34.0 Å². The second-order valence-corrected chi connectivity index (χ2v) is 9.90. The molecule has 2 rings (SSSR count). The van der Waals surface area contributed by atoms with Gasteiger partial charge in [-0.25, -0.2) is 8.42 Å². The number of sulfone groups is 1. The van der Waals surface area contributed by atoms with Crippen molar-refractivity contribution in [2.24, 2.45) is 0 Å². The van der Waals surface area contributed by atoms with Crippen molar-refractivity contribution in [3.8, 4) is 17.2 Å². The first-order valence-corrected chi connectivity index (χ1v) is 12.7. The number of carboxylic acid groups (broad SMARTS) is 1. The molecule has 0 heterocycles. The van der Waals surface area contributed by atoms with Crippen molar-refractivity contribution < 1.29 is 42.1 Å². The summed E-state index contributed by atoms with van der Waals surface area (Å²) in [6.45, 7) is 0.174. The van der Waals surface area contributed by atoms with Crippen LogP contribution in [0.15, 0.2) is 53.7 Å². The number of benzene rings is 1. The predicted octanol–water partition coefficient (Wildman–Crippen LogP) is 2.17. The predicted molar refractivity (Wildman–Crippen MR) is 135 cm³/mol. The highest BCUT2D eigenvalue weighted by molar-refractivity contribution is 7.91. The van der Waals surface area contributed by atoms with E-state index >= 15 is 0 Å². The van der Waals surface area contributed by atoms with Crippen molar-refractivity contribution in [3.63, 3.8) is 0 Å². The van der Waals surface area contributed by atoms with Crippen molar-refractivity contribution in [2.75, 3.05) is 46.6 Å². The number of carbonyl (C=O) groups excluding carboxylic acids is 1. The highest BCUT2D eigenvalue weighted by Crippen LogP contribution is 2.35. The highest BCUT2D eigenvalue weighted by atomic mass is 32.2. The Morgan fingerprint density at radius 2 is 1.72 bits per heavy atom. The van der Waals surface area contributed by atoms with Gasteiger partial charge in [0.1, 0.15) is 23.7 Å². The number of allylic oxidation sites excluding steroid dienone is 3. The van der Waals surface area contributed by atoms with E-state index in [4.69, 9.17) is 24.1 Å². The minimum Gasteiger partial charge on any atom is -0.496 e. The third-order valence-corrected chi connectivity index (χ3v) is 6.60. The smallest absolute Gasteiger partial charge is 0.312 e. The van der Waals surface area contributed by atoms with Gasteiger partial charge in [-0.05, 0) is 11.1 Å². The van der Waals surface area contributed by atoms with E-state index in [1.165, 1.54) is 34.5 Å². The number of nitrogens with one attached hydrogen (secondary N) is 1. The molecule has 1 aliphatic rings. The Hall–Kier alpha value is -3.57. The van der Waals surface area contributed by atoms with E-state index in [-0.39, 0.29) is 18.1 Å². The number of amides is 1. The zero-order chi connectivity index (χ0) is 26.7. The maximum atomic E-state index is 12.8. The first kappa shape index (κ1) is 28.7. The molecule has 0 radical (unpaired) electrons. The third-order valence-electron chi connectivity index (χ3n) is 5.13. The van der Waals surface area contributed by atoms with Gasteiger partial charge in [-0.1, -0.05) is 36.5 Å². The van der Waals surface area contributed by atoms with Crippen molar-refractivity contribution >= 4 is 27.8 Å². The van der Waals surface area contributed by atoms with E-state index in [2.05, 4.69) is 5.32 Å². The normalized spacial score (nSPS) is 15.6. The first-order chi connectivity index (χ1) is 17.1. The van der Waals surface area contributed by atoms with Crippen LogP contribution in [0.4, 0.5) is 0 Å². The lowest BCUT2D eigenvalue weighted by molar-refractivity contribution is -0.140. The van der Waals surface area contributed by atoms with Gasteiger partial charge < -0.3 is 29.4 Å². The lowest BCUT2D eigenvalue weighted by Gasteiger charge is -2.17. The maximum absolute atomic E-state index is 12.8. The molecule has 196 valence electrons. The van der Waals surface area contributed by atoms with Crippen LogP contribution in [0, 0.1) is 0 Å². The van der Waals surface area contributed by atoms with Crippen LogP contribution in [0.3, 0.4) is 0 Å². The Balaban J connectivity index is 2.16. The van der Waals surface area contributed by atoms with E-state index in [0.717, 1.165) is 0 Å². The molecule has 0 saturated heterocycles. The molecule has 0 saturated carbocycles. The van der Waals surface area contributed by atoms with Crippen LogP contribution >= 0.6 is 0 Å². The van der Waals surface area contributed by atoms with E-state index in [1.807, 2.05) is 0 Å². The van der Waals surface area contributed by atoms with Crippen molar-refractivity contribution in [3.05, 3.63) is 59.2 Å². The number of aliphatic carboxylic acids is 1. The molecule has 1 unspecified atom stereocenters. The molecule has 1 amide bonds. The van der Waals surface area contributed by atoms with Crippen LogP contribution in [-0.2, 0) is 24.2 Å². The van der Waals surface area contributed by atoms with Crippen molar-refractivity contribution in [2.45, 2.75) is 12.5 Å². The zero-order valence-electron chi connectivity index (χ0n) is 20.6. The lowest BCUT2D eigenvalue weighted by Crippen LogP contribution is -2.36. The summed E-state index contributed by atoms with van der Waals surface area (Å²) in [5.74, 6) is -0.891. The van der Waals surface area contributed by atoms with Gasteiger partial charge in [0.25, 0.3) is 0 Å². The fourth-order valence-electron chi connectivity index (χ4n) is 3.44. The number of carboxylic acids is 1. The molecule has 1 aromatic carbocycles. The largest absolute Gasteiger partial charge is 0.496 e. The SMILES string of the molecule is COCC1=CC=C(CS(=O)(=O)C/C=C/c2c(OC)cc(OC)cc2OC)C=CC1NC(=O)CC(=O)O. The number of carbonyl (C=O) groups is 2. The van der Waals surface area contributed by atoms with Crippen molar-refractivity contribution in [1.29, 1.82) is 0 Å². The number of hydrogen-bond acceptors (Lipinski definition) is 8. The van der Waals surface area contributed by atoms with Gasteiger partial charge in [0.2, 0.25) is 5.91 Å². The molecule has 10 nitrogen and oxygen atoms in total. The summed E-state index contributed by atoms with van der Waals surface area (Å²) in [5, 5.41) is 11.4. The number of hydrogen-bond donors (Lipinski definition) is 2. The molecule has 1 atom stereocenters. The Labute approximate surface area is 210 Å². The Morgan fingerprint density at radius 1 is 1.06 bits per heavy atom. The number of rotatable bonds is 13. The molecule has 36 heavy (non-hydrogen) atoms. The standard InChI is InChI=1S/C25H31NO9S/c1-32-15-18-9-7-17(8-10-21(18)26-24(27)14-25(28)29)16-36(30,31)11-5-6-20-22(34-3)12-19(33-2)13-23(20)35-4/h5-10,12-13,21H,11,14-16H2,1-4H3,(H,26,27)(H,28,29)/b6-5+. The minimum absolute atomic E-state index is 0.174. The Morgan fingerprint density at radius 3 is 2.28 bits per heavy atom. The van der Waals surface area contributed by atoms with Crippen LogP contribution in [-0.4, -0.2) is 78.0 Å². The van der Waals surface area contributed by atoms with E-state index in [9.17, 15) is 18.0 Å². The van der Waals surface area contributed by atoms with Gasteiger partial charge in [-0.15, -0.1) is 0 Å². The summed E-state index contributed by atoms with van der Waals surface area (Å²) in [7, 11) is 2.45. The van der Waals surface area contributed by atoms with Gasteiger partial charge in [0.15, 0.2) is 9.84 Å². The van der Waals surface area contributed by atoms with Gasteiger partial charge >= 0.3 is 5.97 Å². The van der Waals surface area contributed by atoms with Crippen LogP contribution < -0.4 is 19.5 Å². The van der Waals surface area contributed by atoms with Crippen LogP contribution in [0.1, 0.15) is 12.0 Å². The quantitative estimate of drug-likeness (QED) is 0.374. The molecule has 0 fully saturated rings. The molecule has 0 bridgehead atoms. The molecule has 0 spiro atoms. The van der Waals surface area contributed by atoms with Gasteiger partial charge in [0, 0.05) is 19.2 Å². The van der Waals surface area contributed by atoms with Crippen molar-refractivity contribution in [1.82, 2.24) is 5.32 Å². The second kappa shape index (κ2) is 13.5. The monoisotopic (exact) mass is 521 g/mol. The molecule has 1 aliphatic carbocycles. The van der Waals surface area contributed by atoms with Crippen LogP contribution in [0.5, 0.6) is 17.2 Å². The topological polar surface area (TPSA) is 137 Å². The van der Waals surface area contributed by atoms with Crippen LogP contribution in [0.25, 0.3) is 6.08 Å². The lowest BCUT2D eigenvalue weighted by atomic mass is 10.1. The number of methoxy groups -OCH3 is 4. The average molecular weight is 522 g/mol. The highest BCUT2D eigenvalue weighted by Gasteiger charge is 2.19. The summed E-state index contributed by atoms with van der Waals surface area (Å²) >= 11 is 0. The fraction of sp³-hybridized carbons (Fsp3) is 0.360. The summed E-state index contributed by atoms with van der Waals surface area (Å²) in [4.78, 5) is 22.7. The van der Waals surface area contributed by atoms with Gasteiger partial charge in [-0.3, -0.25) is 9.59 Å². The van der Waals surface area contributed by atoms with E-state index in [1.54, 1.807) is 42.5 Å². The average Bonchev–Trinajstić information content (AvgIpc) is 3.00. The maximum Gasteiger partial charge on any atom is 0.312 e. The van der Waals surface area contributed by atoms with E-state index < -0.39 is 34.2 Å². The zero-order valence-corrected chi connectivity index (χ0v) is 21.5. The van der Waals surface area contributed by atoms with Gasteiger partial charge in [0.05, 0.1) is 51.0 Å². The molecular formula is C25H31NO9S. The fourth-order valence-corrected chi connectivity index (χ4v) is 4.65. The Kier molecular flexibility index (Phi) is 10.8. The molecule has 1 aromatic rings. The van der Waals surface area contributed by atoms with Gasteiger partial charge in [-0.2, -0.15) is 0 Å². The summed E-state index contributed by atoms with van der Waals surface area (Å²) in [6, 6.07) is 2.73. The Bertz CT molecular complexity index is 1150. The number of ether oxygens (including phenoxy) is 4. The summed E-state index contributed by atoms with van der Waals surface area (Å²) < 4.78 is 46.8. The summed E-state index contributed by atoms with van der Waals surface area (Å²) in [5.41, 5.74) is 1.74. The minimum atomic E-state index is -3.54.